The predicted octanol–water partition coefficient (Wildman–Crippen LogP) is 4.04. The maximum Gasteiger partial charge on any atom is 0.0830 e. The van der Waals surface area contributed by atoms with Crippen molar-refractivity contribution >= 4 is 0 Å². The quantitative estimate of drug-likeness (QED) is 0.759. The Morgan fingerprint density at radius 1 is 0.773 bits per heavy atom. The summed E-state index contributed by atoms with van der Waals surface area (Å²) >= 11 is 0. The molecule has 1 aromatic rings. The van der Waals surface area contributed by atoms with Crippen LogP contribution >= 0.6 is 0 Å². The molecule has 0 saturated heterocycles. The first-order valence-corrected chi connectivity index (χ1v) is 8.79. The lowest BCUT2D eigenvalue weighted by Crippen LogP contribution is -2.54. The van der Waals surface area contributed by atoms with Gasteiger partial charge >= 0.3 is 0 Å². The van der Waals surface area contributed by atoms with Gasteiger partial charge in [-0.3, -0.25) is 0 Å². The first-order valence-electron chi connectivity index (χ1n) is 8.79. The second-order valence-corrected chi connectivity index (χ2v) is 9.39. The Labute approximate surface area is 132 Å². The van der Waals surface area contributed by atoms with E-state index in [-0.39, 0.29) is 23.0 Å². The molecule has 2 fully saturated rings. The normalized spacial score (nSPS) is 45.2. The molecule has 0 spiro atoms. The van der Waals surface area contributed by atoms with E-state index in [1.807, 2.05) is 0 Å². The number of aliphatic hydroxyl groups is 2. The van der Waals surface area contributed by atoms with Gasteiger partial charge in [-0.15, -0.1) is 0 Å². The second-order valence-electron chi connectivity index (χ2n) is 9.39. The number of hydrogen-bond donors (Lipinski definition) is 2. The smallest absolute Gasteiger partial charge is 0.0830 e. The van der Waals surface area contributed by atoms with Crippen LogP contribution in [0.3, 0.4) is 0 Å². The summed E-state index contributed by atoms with van der Waals surface area (Å²) in [6.45, 7) is 9.14. The van der Waals surface area contributed by atoms with Gasteiger partial charge in [-0.1, -0.05) is 39.8 Å². The van der Waals surface area contributed by atoms with Gasteiger partial charge in [0.2, 0.25) is 0 Å². The second kappa shape index (κ2) is 3.62. The number of rotatable bonds is 0. The van der Waals surface area contributed by atoms with Crippen LogP contribution in [-0.2, 0) is 0 Å². The highest BCUT2D eigenvalue weighted by Crippen LogP contribution is 2.71. The average Bonchev–Trinajstić information content (AvgIpc) is 2.45. The van der Waals surface area contributed by atoms with Gasteiger partial charge in [0.1, 0.15) is 0 Å². The molecule has 6 aliphatic rings. The molecule has 4 bridgehead atoms. The van der Waals surface area contributed by atoms with E-state index in [9.17, 15) is 10.2 Å². The molecule has 6 atom stereocenters. The summed E-state index contributed by atoms with van der Waals surface area (Å²) in [4.78, 5) is 0. The van der Waals surface area contributed by atoms with Crippen LogP contribution in [0.5, 0.6) is 0 Å². The van der Waals surface area contributed by atoms with Gasteiger partial charge in [0, 0.05) is 0 Å². The zero-order chi connectivity index (χ0) is 15.6. The summed E-state index contributed by atoms with van der Waals surface area (Å²) in [6, 6.07) is 4.53. The van der Waals surface area contributed by atoms with E-state index in [1.165, 1.54) is 11.1 Å². The van der Waals surface area contributed by atoms with Crippen molar-refractivity contribution in [3.63, 3.8) is 0 Å². The van der Waals surface area contributed by atoms with Crippen LogP contribution < -0.4 is 0 Å². The highest BCUT2D eigenvalue weighted by molar-refractivity contribution is 5.55. The minimum Gasteiger partial charge on any atom is -0.388 e. The highest BCUT2D eigenvalue weighted by Gasteiger charge is 2.61. The van der Waals surface area contributed by atoms with E-state index in [4.69, 9.17) is 0 Å². The fourth-order valence-electron chi connectivity index (χ4n) is 6.39. The molecule has 2 N–H and O–H groups in total. The maximum absolute atomic E-state index is 11.0. The minimum absolute atomic E-state index is 0.197. The monoisotopic (exact) mass is 298 g/mol. The van der Waals surface area contributed by atoms with Gasteiger partial charge in [0.15, 0.2) is 0 Å². The fourth-order valence-corrected chi connectivity index (χ4v) is 6.39. The molecule has 2 heteroatoms. The SMILES string of the molecule is CC1(C)[C@@H]2C[C@@H]1[C@H](O)c1c2ccc2c1[C@@H](O)[C@@H]1C[C@@H]2C1(C)C. The Bertz CT molecular complexity index is 628. The molecule has 0 amide bonds. The number of hydrogen-bond acceptors (Lipinski definition) is 2. The lowest BCUT2D eigenvalue weighted by atomic mass is 9.42. The van der Waals surface area contributed by atoms with E-state index in [0.29, 0.717) is 23.7 Å². The summed E-state index contributed by atoms with van der Waals surface area (Å²) in [5, 5.41) is 22.0. The third kappa shape index (κ3) is 1.21. The van der Waals surface area contributed by atoms with Crippen LogP contribution in [-0.4, -0.2) is 10.2 Å². The molecule has 1 aromatic carbocycles. The van der Waals surface area contributed by atoms with Crippen molar-refractivity contribution in [2.75, 3.05) is 0 Å². The predicted molar refractivity (Wildman–Crippen MR) is 85.6 cm³/mol. The molecular formula is C20H26O2. The largest absolute Gasteiger partial charge is 0.388 e. The zero-order valence-electron chi connectivity index (χ0n) is 13.9. The van der Waals surface area contributed by atoms with E-state index in [0.717, 1.165) is 24.0 Å². The Morgan fingerprint density at radius 2 is 1.14 bits per heavy atom. The van der Waals surface area contributed by atoms with Crippen molar-refractivity contribution in [1.29, 1.82) is 0 Å². The van der Waals surface area contributed by atoms with Crippen LogP contribution in [0.25, 0.3) is 0 Å². The van der Waals surface area contributed by atoms with E-state index in [2.05, 4.69) is 39.8 Å². The first kappa shape index (κ1) is 13.6. The van der Waals surface area contributed by atoms with Crippen molar-refractivity contribution in [2.45, 2.75) is 64.6 Å². The maximum atomic E-state index is 11.0. The fraction of sp³-hybridized carbons (Fsp3) is 0.700. The summed E-state index contributed by atoms with van der Waals surface area (Å²) in [6.07, 6.45) is 1.43. The molecule has 0 aliphatic heterocycles. The van der Waals surface area contributed by atoms with Gasteiger partial charge in [0.05, 0.1) is 12.2 Å². The van der Waals surface area contributed by atoms with Crippen molar-refractivity contribution < 1.29 is 10.2 Å². The minimum atomic E-state index is -0.389. The molecular weight excluding hydrogens is 272 g/mol. The van der Waals surface area contributed by atoms with Crippen molar-refractivity contribution in [2.24, 2.45) is 22.7 Å². The van der Waals surface area contributed by atoms with Crippen LogP contribution in [0.15, 0.2) is 12.1 Å². The lowest BCUT2D eigenvalue weighted by Gasteiger charge is -2.63. The molecule has 6 aliphatic carbocycles. The molecule has 0 unspecified atom stereocenters. The number of aliphatic hydroxyl groups excluding tert-OH is 2. The molecule has 2 saturated carbocycles. The molecule has 0 radical (unpaired) electrons. The van der Waals surface area contributed by atoms with Crippen molar-refractivity contribution in [1.82, 2.24) is 0 Å². The third-order valence-electron chi connectivity index (χ3n) is 8.15. The van der Waals surface area contributed by atoms with Crippen LogP contribution in [0.4, 0.5) is 0 Å². The van der Waals surface area contributed by atoms with Gasteiger partial charge in [-0.25, -0.2) is 0 Å². The standard InChI is InChI=1S/C20H26O2/c1-19(2)11-7-13(19)17(21)15-9(11)5-6-10-12-8-14(20(12,3)4)18(22)16(10)15/h5-6,11-14,17-18,21-22H,7-8H2,1-4H3/t11-,12+,13-,14+,17-,18-/m0/s1. The molecule has 7 rings (SSSR count). The van der Waals surface area contributed by atoms with E-state index < -0.39 is 0 Å². The summed E-state index contributed by atoms with van der Waals surface area (Å²) < 4.78 is 0. The van der Waals surface area contributed by atoms with E-state index in [1.54, 1.807) is 0 Å². The Kier molecular flexibility index (Phi) is 2.23. The molecule has 22 heavy (non-hydrogen) atoms. The first-order chi connectivity index (χ1) is 10.3. The molecule has 0 heterocycles. The van der Waals surface area contributed by atoms with Gasteiger partial charge in [-0.2, -0.15) is 0 Å². The Hall–Kier alpha value is -0.860. The van der Waals surface area contributed by atoms with Crippen molar-refractivity contribution in [3.05, 3.63) is 34.4 Å². The number of benzene rings is 1. The topological polar surface area (TPSA) is 40.5 Å². The summed E-state index contributed by atoms with van der Waals surface area (Å²) in [7, 11) is 0. The summed E-state index contributed by atoms with van der Waals surface area (Å²) in [5.74, 6) is 1.82. The third-order valence-corrected chi connectivity index (χ3v) is 8.15. The van der Waals surface area contributed by atoms with Crippen LogP contribution in [0.1, 0.15) is 86.8 Å². The summed E-state index contributed by atoms with van der Waals surface area (Å²) in [5.41, 5.74) is 5.24. The Balaban J connectivity index is 1.74. The lowest BCUT2D eigenvalue weighted by molar-refractivity contribution is -0.0977. The zero-order valence-corrected chi connectivity index (χ0v) is 13.9. The highest BCUT2D eigenvalue weighted by atomic mass is 16.3. The van der Waals surface area contributed by atoms with Crippen LogP contribution in [0, 0.1) is 22.7 Å². The van der Waals surface area contributed by atoms with Gasteiger partial charge < -0.3 is 10.2 Å². The van der Waals surface area contributed by atoms with Gasteiger partial charge in [-0.05, 0) is 69.6 Å². The molecule has 118 valence electrons. The van der Waals surface area contributed by atoms with Gasteiger partial charge in [0.25, 0.3) is 0 Å². The molecule has 0 aromatic heterocycles. The Morgan fingerprint density at radius 3 is 1.45 bits per heavy atom. The van der Waals surface area contributed by atoms with Crippen molar-refractivity contribution in [3.8, 4) is 0 Å². The average molecular weight is 298 g/mol. The van der Waals surface area contributed by atoms with E-state index >= 15 is 0 Å². The van der Waals surface area contributed by atoms with Crippen LogP contribution in [0.2, 0.25) is 0 Å². The molecule has 2 nitrogen and oxygen atoms in total.